The molecule has 22 heavy (non-hydrogen) atoms. The van der Waals surface area contributed by atoms with Crippen molar-refractivity contribution in [3.8, 4) is 11.8 Å². The van der Waals surface area contributed by atoms with Crippen molar-refractivity contribution in [2.45, 2.75) is 64.0 Å². The van der Waals surface area contributed by atoms with E-state index in [9.17, 15) is 4.79 Å². The number of hydrogen-bond acceptors (Lipinski definition) is 3. The van der Waals surface area contributed by atoms with Crippen LogP contribution in [0.5, 0.6) is 0 Å². The Morgan fingerprint density at radius 2 is 1.86 bits per heavy atom. The molecule has 0 amide bonds. The molecular weight excluding hydrogens is 274 g/mol. The maximum atomic E-state index is 12.4. The van der Waals surface area contributed by atoms with Crippen LogP contribution in [0, 0.1) is 35.5 Å². The van der Waals surface area contributed by atoms with E-state index in [0.717, 1.165) is 6.42 Å². The van der Waals surface area contributed by atoms with Gasteiger partial charge < -0.3 is 4.74 Å². The summed E-state index contributed by atoms with van der Waals surface area (Å²) in [5.74, 6) is 8.32. The maximum absolute atomic E-state index is 12.4. The van der Waals surface area contributed by atoms with Crippen LogP contribution in [0.25, 0.3) is 0 Å². The van der Waals surface area contributed by atoms with E-state index in [0.29, 0.717) is 29.8 Å². The lowest BCUT2D eigenvalue weighted by atomic mass is 9.67. The number of rotatable bonds is 2. The van der Waals surface area contributed by atoms with Crippen LogP contribution >= 0.6 is 0 Å². The highest BCUT2D eigenvalue weighted by atomic mass is 16.5. The summed E-state index contributed by atoms with van der Waals surface area (Å²) in [6.45, 7) is 1.94. The van der Waals surface area contributed by atoms with Crippen molar-refractivity contribution in [3.63, 3.8) is 0 Å². The number of ether oxygens (including phenoxy) is 1. The van der Waals surface area contributed by atoms with Gasteiger partial charge in [-0.05, 0) is 70.8 Å². The zero-order chi connectivity index (χ0) is 15.7. The van der Waals surface area contributed by atoms with E-state index in [1.54, 1.807) is 7.11 Å². The Hall–Kier alpha value is -1.01. The standard InChI is InChI=1S/C19H29NO2/c1-4-5-13-6-8-14(9-7-13)16-12-15-10-11-17(20(15)2)18(16)19(21)22-3/h13-18H,6-12H2,1-3H3. The first-order chi connectivity index (χ1) is 10.7. The molecule has 4 unspecified atom stereocenters. The Labute approximate surface area is 134 Å². The highest BCUT2D eigenvalue weighted by Crippen LogP contribution is 2.48. The molecule has 0 aromatic rings. The highest BCUT2D eigenvalue weighted by molar-refractivity contribution is 5.74. The van der Waals surface area contributed by atoms with Gasteiger partial charge in [0.15, 0.2) is 0 Å². The third kappa shape index (κ3) is 2.78. The molecule has 0 aromatic heterocycles. The fourth-order valence-corrected chi connectivity index (χ4v) is 5.35. The fraction of sp³-hybridized carbons (Fsp3) is 0.842. The molecule has 3 rings (SSSR count). The molecule has 3 heteroatoms. The number of methoxy groups -OCH3 is 1. The molecule has 1 aliphatic carbocycles. The largest absolute Gasteiger partial charge is 0.469 e. The molecule has 2 saturated heterocycles. The third-order valence-corrected chi connectivity index (χ3v) is 6.51. The van der Waals surface area contributed by atoms with Crippen LogP contribution in [-0.2, 0) is 9.53 Å². The minimum absolute atomic E-state index is 0.0256. The van der Waals surface area contributed by atoms with Gasteiger partial charge in [0.05, 0.1) is 13.0 Å². The van der Waals surface area contributed by atoms with Crippen molar-refractivity contribution in [1.29, 1.82) is 0 Å². The zero-order valence-electron chi connectivity index (χ0n) is 14.2. The fourth-order valence-electron chi connectivity index (χ4n) is 5.35. The Bertz CT molecular complexity index is 470. The van der Waals surface area contributed by atoms with E-state index in [-0.39, 0.29) is 11.9 Å². The zero-order valence-corrected chi connectivity index (χ0v) is 14.2. The minimum atomic E-state index is 0.0256. The number of hydrogen-bond donors (Lipinski definition) is 0. The van der Waals surface area contributed by atoms with Gasteiger partial charge in [-0.1, -0.05) is 0 Å². The first-order valence-corrected chi connectivity index (χ1v) is 8.87. The molecule has 3 fully saturated rings. The normalized spacial score (nSPS) is 41.6. The molecule has 0 N–H and O–H groups in total. The molecule has 0 aromatic carbocycles. The third-order valence-electron chi connectivity index (χ3n) is 6.51. The van der Waals surface area contributed by atoms with Crippen LogP contribution in [0.4, 0.5) is 0 Å². The van der Waals surface area contributed by atoms with Crippen LogP contribution in [0.3, 0.4) is 0 Å². The summed E-state index contributed by atoms with van der Waals surface area (Å²) in [5, 5.41) is 0. The second-order valence-corrected chi connectivity index (χ2v) is 7.42. The predicted molar refractivity (Wildman–Crippen MR) is 87.1 cm³/mol. The van der Waals surface area contributed by atoms with Crippen LogP contribution in [-0.4, -0.2) is 37.1 Å². The number of carbonyl (C=O) groups is 1. The van der Waals surface area contributed by atoms with Crippen LogP contribution in [0.2, 0.25) is 0 Å². The summed E-state index contributed by atoms with van der Waals surface area (Å²) in [4.78, 5) is 14.9. The van der Waals surface area contributed by atoms with E-state index in [1.807, 2.05) is 6.92 Å². The average molecular weight is 303 g/mol. The van der Waals surface area contributed by atoms with Gasteiger partial charge in [0.25, 0.3) is 0 Å². The van der Waals surface area contributed by atoms with Crippen molar-refractivity contribution in [2.24, 2.45) is 23.7 Å². The van der Waals surface area contributed by atoms with Crippen molar-refractivity contribution >= 4 is 5.97 Å². The van der Waals surface area contributed by atoms with Crippen LogP contribution in [0.15, 0.2) is 0 Å². The van der Waals surface area contributed by atoms with Crippen LogP contribution in [0.1, 0.15) is 51.9 Å². The quantitative estimate of drug-likeness (QED) is 0.580. The van der Waals surface area contributed by atoms with Crippen LogP contribution < -0.4 is 0 Å². The van der Waals surface area contributed by atoms with E-state index in [2.05, 4.69) is 23.8 Å². The number of nitrogens with zero attached hydrogens (tertiary/aromatic N) is 1. The minimum Gasteiger partial charge on any atom is -0.469 e. The Kier molecular flexibility index (Phi) is 4.78. The number of fused-ring (bicyclic) bond motifs is 2. The van der Waals surface area contributed by atoms with E-state index < -0.39 is 0 Å². The first kappa shape index (κ1) is 15.9. The van der Waals surface area contributed by atoms with Gasteiger partial charge in [-0.2, -0.15) is 0 Å². The van der Waals surface area contributed by atoms with E-state index in [1.165, 1.54) is 38.5 Å². The maximum Gasteiger partial charge on any atom is 0.310 e. The van der Waals surface area contributed by atoms with Crippen molar-refractivity contribution in [2.75, 3.05) is 14.2 Å². The van der Waals surface area contributed by atoms with E-state index >= 15 is 0 Å². The van der Waals surface area contributed by atoms with Crippen molar-refractivity contribution < 1.29 is 9.53 Å². The lowest BCUT2D eigenvalue weighted by Crippen LogP contribution is -2.52. The Morgan fingerprint density at radius 3 is 2.50 bits per heavy atom. The summed E-state index contributed by atoms with van der Waals surface area (Å²) in [6.07, 6.45) is 8.49. The van der Waals surface area contributed by atoms with Gasteiger partial charge in [-0.25, -0.2) is 0 Å². The summed E-state index contributed by atoms with van der Waals surface area (Å²) >= 11 is 0. The molecule has 3 aliphatic rings. The summed E-state index contributed by atoms with van der Waals surface area (Å²) in [6, 6.07) is 1.09. The smallest absolute Gasteiger partial charge is 0.310 e. The molecule has 3 nitrogen and oxygen atoms in total. The predicted octanol–water partition coefficient (Wildman–Crippen LogP) is 3.09. The van der Waals surface area contributed by atoms with E-state index in [4.69, 9.17) is 4.74 Å². The lowest BCUT2D eigenvalue weighted by molar-refractivity contribution is -0.154. The van der Waals surface area contributed by atoms with Gasteiger partial charge in [-0.3, -0.25) is 9.69 Å². The summed E-state index contributed by atoms with van der Waals surface area (Å²) < 4.78 is 5.18. The average Bonchev–Trinajstić information content (AvgIpc) is 2.77. The monoisotopic (exact) mass is 303 g/mol. The Morgan fingerprint density at radius 1 is 1.14 bits per heavy atom. The number of carbonyl (C=O) groups excluding carboxylic acids is 1. The molecule has 0 radical (unpaired) electrons. The molecule has 0 spiro atoms. The topological polar surface area (TPSA) is 29.5 Å². The first-order valence-electron chi connectivity index (χ1n) is 8.87. The van der Waals surface area contributed by atoms with Crippen molar-refractivity contribution in [3.05, 3.63) is 0 Å². The van der Waals surface area contributed by atoms with Gasteiger partial charge in [0.2, 0.25) is 0 Å². The molecule has 1 saturated carbocycles. The molecule has 2 heterocycles. The lowest BCUT2D eigenvalue weighted by Gasteiger charge is -2.45. The molecular formula is C19H29NO2. The van der Waals surface area contributed by atoms with Gasteiger partial charge >= 0.3 is 5.97 Å². The summed E-state index contributed by atoms with van der Waals surface area (Å²) in [5.41, 5.74) is 0. The highest BCUT2D eigenvalue weighted by Gasteiger charge is 2.51. The van der Waals surface area contributed by atoms with Gasteiger partial charge in [0.1, 0.15) is 0 Å². The van der Waals surface area contributed by atoms with Gasteiger partial charge in [0, 0.05) is 18.0 Å². The molecule has 4 atom stereocenters. The second-order valence-electron chi connectivity index (χ2n) is 7.42. The molecule has 2 bridgehead atoms. The molecule has 2 aliphatic heterocycles. The second kappa shape index (κ2) is 6.62. The van der Waals surface area contributed by atoms with Gasteiger partial charge in [-0.15, -0.1) is 11.8 Å². The Balaban J connectivity index is 1.73. The van der Waals surface area contributed by atoms with Crippen molar-refractivity contribution in [1.82, 2.24) is 4.90 Å². The number of piperidine rings is 1. The number of esters is 1. The summed E-state index contributed by atoms with van der Waals surface area (Å²) in [7, 11) is 3.75. The SMILES string of the molecule is CC#CC1CCC(C2CC3CCC(C2C(=O)OC)N3C)CC1. The molecule has 122 valence electrons.